The van der Waals surface area contributed by atoms with Gasteiger partial charge in [0.15, 0.2) is 16.6 Å². The molecule has 0 aromatic rings. The number of rotatable bonds is 8. The van der Waals surface area contributed by atoms with Crippen LogP contribution in [0.5, 0.6) is 0 Å². The van der Waals surface area contributed by atoms with Gasteiger partial charge in [-0.2, -0.15) is 0 Å². The quantitative estimate of drug-likeness (QED) is 0.545. The Balaban J connectivity index is 6.58. The first-order valence-corrected chi connectivity index (χ1v) is 18.4. The van der Waals surface area contributed by atoms with Gasteiger partial charge in [-0.15, -0.1) is 0 Å². The van der Waals surface area contributed by atoms with E-state index >= 15 is 0 Å². The molecule has 0 amide bonds. The molecule has 0 bridgehead atoms. The van der Waals surface area contributed by atoms with Gasteiger partial charge in [0.2, 0.25) is 0 Å². The van der Waals surface area contributed by atoms with Crippen molar-refractivity contribution in [3.8, 4) is 0 Å². The Morgan fingerprint density at radius 3 is 0.952 bits per heavy atom. The van der Waals surface area contributed by atoms with Gasteiger partial charge in [0.1, 0.15) is 0 Å². The second-order valence-corrected chi connectivity index (χ2v) is 20.4. The van der Waals surface area contributed by atoms with E-state index in [0.29, 0.717) is 0 Å². The molecule has 0 fully saturated rings. The normalized spacial score (nSPS) is 31.7. The molecule has 0 aliphatic carbocycles. The summed E-state index contributed by atoms with van der Waals surface area (Å²) in [6.07, 6.45) is 0. The van der Waals surface area contributed by atoms with Crippen LogP contribution in [0.1, 0.15) is 24.7 Å². The summed E-state index contributed by atoms with van der Waals surface area (Å²) in [7, 11) is -23.0. The fourth-order valence-corrected chi connectivity index (χ4v) is 19.0. The summed E-state index contributed by atoms with van der Waals surface area (Å²) in [4.78, 5) is 0. The van der Waals surface area contributed by atoms with Crippen LogP contribution >= 0.6 is 0 Å². The molecule has 0 unspecified atom stereocenters. The molecule has 0 radical (unpaired) electrons. The summed E-state index contributed by atoms with van der Waals surface area (Å²) in [5.74, 6) is 0. The topological polar surface area (TPSA) is 36.9 Å². The highest BCUT2D eigenvalue weighted by Gasteiger charge is 2.44. The summed E-state index contributed by atoms with van der Waals surface area (Å²) in [6, 6.07) is 0. The summed E-state index contributed by atoms with van der Waals surface area (Å²) < 4.78 is 164. The fourth-order valence-electron chi connectivity index (χ4n) is 1.98. The third kappa shape index (κ3) is 12.1. The van der Waals surface area contributed by atoms with E-state index in [-0.39, 0.29) is 0 Å². The van der Waals surface area contributed by atoms with Gasteiger partial charge in [-0.05, 0) is 78.1 Å². The summed E-state index contributed by atoms with van der Waals surface area (Å²) >= 11 is 0. The average Bonchev–Trinajstić information content (AvgIpc) is 2.48. The highest BCUT2D eigenvalue weighted by atomic mass is 28.5. The first kappa shape index (κ1) is 6.34. The lowest BCUT2D eigenvalue weighted by atomic mass is 11.8. The van der Waals surface area contributed by atoms with Crippen molar-refractivity contribution < 1.29 is 41.1 Å². The van der Waals surface area contributed by atoms with Gasteiger partial charge in [0.25, 0.3) is 0 Å². The predicted octanol–water partition coefficient (Wildman–Crippen LogP) is 4.83. The van der Waals surface area contributed by atoms with Crippen molar-refractivity contribution in [2.24, 2.45) is 0 Å². The van der Waals surface area contributed by atoms with Gasteiger partial charge in [-0.3, -0.25) is 0 Å². The smallest absolute Gasteiger partial charge is 0.314 e. The molecular formula is C12H36O4Si5. The predicted molar refractivity (Wildman–Crippen MR) is 103 cm³/mol. The van der Waals surface area contributed by atoms with E-state index in [1.807, 2.05) is 0 Å². The highest BCUT2D eigenvalue weighted by Crippen LogP contribution is 2.25. The van der Waals surface area contributed by atoms with E-state index < -0.39 is 81.2 Å². The Kier molecular flexibility index (Phi) is 2.05. The van der Waals surface area contributed by atoms with Gasteiger partial charge in [-0.25, -0.2) is 0 Å². The molecule has 21 heavy (non-hydrogen) atoms. The summed E-state index contributed by atoms with van der Waals surface area (Å²) in [5.41, 5.74) is 0. The Labute approximate surface area is 162 Å². The minimum Gasteiger partial charge on any atom is -0.437 e. The monoisotopic (exact) mass is 402 g/mol. The minimum atomic E-state index is -5.64. The van der Waals surface area contributed by atoms with Crippen molar-refractivity contribution in [3.63, 3.8) is 0 Å². The molecular weight excluding hydrogens is 349 g/mol. The van der Waals surface area contributed by atoms with Gasteiger partial charge in [0.05, 0.1) is 0 Å². The molecule has 0 aliphatic rings. The van der Waals surface area contributed by atoms with Crippen LogP contribution in [0, 0.1) is 0 Å². The SMILES string of the molecule is [2H]C([2H])([2H])[Si](O[Si](C)(C)O[Si](C)(C)O[Si](C)(C)O[Si](C([2H])([2H])[2H])(C([2H])([2H])[2H])C([2H])([2H])[2H])(C([2H])([2H])[2H])C([2H])([2H])[2H]. The molecule has 0 heterocycles. The zero-order valence-corrected chi connectivity index (χ0v) is 18.1. The van der Waals surface area contributed by atoms with Crippen molar-refractivity contribution in [1.82, 2.24) is 0 Å². The van der Waals surface area contributed by atoms with Crippen LogP contribution in [0.4, 0.5) is 0 Å². The van der Waals surface area contributed by atoms with Crippen LogP contribution < -0.4 is 0 Å². The maximum absolute atomic E-state index is 7.81. The Bertz CT molecular complexity index is 713. The van der Waals surface area contributed by atoms with E-state index in [2.05, 4.69) is 0 Å². The average molecular weight is 403 g/mol. The van der Waals surface area contributed by atoms with E-state index in [4.69, 9.17) is 41.1 Å². The first-order chi connectivity index (χ1) is 16.3. The van der Waals surface area contributed by atoms with Crippen LogP contribution in [-0.4, -0.2) is 42.3 Å². The molecule has 0 aromatic heterocycles. The van der Waals surface area contributed by atoms with E-state index in [1.165, 1.54) is 39.3 Å². The third-order valence-corrected chi connectivity index (χ3v) is 16.0. The maximum atomic E-state index is 7.81. The Hall–Kier alpha value is 0.924. The molecule has 4 nitrogen and oxygen atoms in total. The van der Waals surface area contributed by atoms with Crippen LogP contribution in [0.25, 0.3) is 0 Å². The Morgan fingerprint density at radius 1 is 0.476 bits per heavy atom. The van der Waals surface area contributed by atoms with Crippen molar-refractivity contribution in [2.45, 2.75) is 78.1 Å². The highest BCUT2D eigenvalue weighted by molar-refractivity contribution is 6.90. The summed E-state index contributed by atoms with van der Waals surface area (Å²) in [5, 5.41) is 0. The maximum Gasteiger partial charge on any atom is 0.314 e. The van der Waals surface area contributed by atoms with Gasteiger partial charge in [-0.1, -0.05) is 0 Å². The molecule has 0 N–H and O–H groups in total. The molecule has 0 rings (SSSR count). The van der Waals surface area contributed by atoms with Crippen LogP contribution in [0.2, 0.25) is 78.1 Å². The van der Waals surface area contributed by atoms with E-state index in [0.717, 1.165) is 0 Å². The minimum absolute atomic E-state index is 1.22. The number of hydrogen-bond acceptors (Lipinski definition) is 4. The molecule has 0 aliphatic heterocycles. The lowest BCUT2D eigenvalue weighted by molar-refractivity contribution is 0.300. The summed E-state index contributed by atoms with van der Waals surface area (Å²) in [6.45, 7) is -13.5. The van der Waals surface area contributed by atoms with E-state index in [1.54, 1.807) is 0 Å². The van der Waals surface area contributed by atoms with Crippen molar-refractivity contribution in [1.29, 1.82) is 0 Å². The van der Waals surface area contributed by atoms with Crippen molar-refractivity contribution in [3.05, 3.63) is 0 Å². The second-order valence-electron chi connectivity index (χ2n) is 5.97. The molecule has 0 atom stereocenters. The molecule has 0 saturated heterocycles. The van der Waals surface area contributed by atoms with Crippen molar-refractivity contribution in [2.75, 3.05) is 0 Å². The zero-order chi connectivity index (χ0) is 32.3. The van der Waals surface area contributed by atoms with Gasteiger partial charge >= 0.3 is 25.7 Å². The Morgan fingerprint density at radius 2 is 0.714 bits per heavy atom. The zero-order valence-electron chi connectivity index (χ0n) is 31.1. The molecule has 9 heteroatoms. The van der Waals surface area contributed by atoms with Gasteiger partial charge < -0.3 is 16.5 Å². The first-order valence-electron chi connectivity index (χ1n) is 15.1. The lowest BCUT2D eigenvalue weighted by Gasteiger charge is -2.41. The molecule has 0 saturated carbocycles. The van der Waals surface area contributed by atoms with Crippen LogP contribution in [-0.2, 0) is 16.5 Å². The third-order valence-electron chi connectivity index (χ3n) is 1.78. The molecule has 128 valence electrons. The van der Waals surface area contributed by atoms with E-state index in [9.17, 15) is 0 Å². The standard InChI is InChI=1S/C12H36O4Si5/c1-17(2,3)13-19(7,8)15-21(11,12)16-20(9,10)14-18(4,5)6/h1-12H3/i1D3,2D3,3D3,4D3,5D3,6D3. The van der Waals surface area contributed by atoms with Crippen molar-refractivity contribution >= 4 is 42.3 Å². The largest absolute Gasteiger partial charge is 0.437 e. The second kappa shape index (κ2) is 6.81. The van der Waals surface area contributed by atoms with Crippen LogP contribution in [0.15, 0.2) is 0 Å². The lowest BCUT2D eigenvalue weighted by Crippen LogP contribution is -2.58. The molecule has 0 spiro atoms. The van der Waals surface area contributed by atoms with Crippen LogP contribution in [0.3, 0.4) is 0 Å². The van der Waals surface area contributed by atoms with Gasteiger partial charge in [0, 0.05) is 24.7 Å². The fraction of sp³-hybridized carbons (Fsp3) is 1.00. The number of hydrogen-bond donors (Lipinski definition) is 0. The molecule has 0 aromatic carbocycles.